The second kappa shape index (κ2) is 9.00. The summed E-state index contributed by atoms with van der Waals surface area (Å²) in [5.41, 5.74) is 1.09. The first-order valence-corrected chi connectivity index (χ1v) is 10.1. The second-order valence-electron chi connectivity index (χ2n) is 7.43. The first-order valence-electron chi connectivity index (χ1n) is 10.1. The van der Waals surface area contributed by atoms with Crippen LogP contribution in [0, 0.1) is 6.92 Å². The molecular weight excluding hydrogens is 451 g/mol. The minimum Gasteiger partial charge on any atom is -0.496 e. The molecule has 0 aliphatic rings. The van der Waals surface area contributed by atoms with Gasteiger partial charge in [0.1, 0.15) is 23.8 Å². The van der Waals surface area contributed by atoms with E-state index in [1.54, 1.807) is 43.3 Å². The first kappa shape index (κ1) is 23.0. The van der Waals surface area contributed by atoms with Crippen LogP contribution >= 0.6 is 0 Å². The van der Waals surface area contributed by atoms with Crippen LogP contribution in [0.4, 0.5) is 13.2 Å². The fraction of sp³-hybridized carbons (Fsp3) is 0.217. The number of hydrogen-bond donors (Lipinski definition) is 0. The number of alkyl halides is 3. The zero-order valence-electron chi connectivity index (χ0n) is 18.5. The highest BCUT2D eigenvalue weighted by molar-refractivity contribution is 5.62. The molecule has 11 heteroatoms. The van der Waals surface area contributed by atoms with Gasteiger partial charge in [-0.2, -0.15) is 22.5 Å². The molecule has 0 bridgehead atoms. The van der Waals surface area contributed by atoms with Crippen molar-refractivity contribution in [3.63, 3.8) is 0 Å². The summed E-state index contributed by atoms with van der Waals surface area (Å²) in [6, 6.07) is 13.9. The molecule has 0 fully saturated rings. The van der Waals surface area contributed by atoms with Gasteiger partial charge < -0.3 is 9.47 Å². The van der Waals surface area contributed by atoms with Crippen LogP contribution in [0.15, 0.2) is 59.4 Å². The van der Waals surface area contributed by atoms with Gasteiger partial charge in [0, 0.05) is 12.6 Å². The van der Waals surface area contributed by atoms with E-state index in [9.17, 15) is 18.0 Å². The van der Waals surface area contributed by atoms with Gasteiger partial charge in [0.25, 0.3) is 0 Å². The number of nitrogens with zero attached hydrogens (tertiary/aromatic N) is 5. The Kier molecular flexibility index (Phi) is 6.10. The molecule has 0 saturated heterocycles. The summed E-state index contributed by atoms with van der Waals surface area (Å²) in [6.45, 7) is 1.83. The van der Waals surface area contributed by atoms with Crippen LogP contribution in [0.1, 0.15) is 16.8 Å². The van der Waals surface area contributed by atoms with Gasteiger partial charge >= 0.3 is 11.9 Å². The summed E-state index contributed by atoms with van der Waals surface area (Å²) in [5.74, 6) is 1.01. The molecule has 4 rings (SSSR count). The zero-order chi connectivity index (χ0) is 24.5. The van der Waals surface area contributed by atoms with Gasteiger partial charge in [0.05, 0.1) is 24.1 Å². The molecule has 0 amide bonds. The van der Waals surface area contributed by atoms with Crippen molar-refractivity contribution in [3.8, 4) is 28.4 Å². The molecule has 0 unspecified atom stereocenters. The quantitative estimate of drug-likeness (QED) is 0.424. The number of pyridine rings is 1. The Morgan fingerprint density at radius 2 is 1.76 bits per heavy atom. The number of rotatable bonds is 6. The summed E-state index contributed by atoms with van der Waals surface area (Å²) in [6.07, 6.45) is -4.52. The first-order chi connectivity index (χ1) is 16.2. The molecule has 0 saturated carbocycles. The van der Waals surface area contributed by atoms with Gasteiger partial charge in [-0.1, -0.05) is 12.1 Å². The lowest BCUT2D eigenvalue weighted by Gasteiger charge is -2.15. The average molecular weight is 471 g/mol. The number of tetrazole rings is 1. The zero-order valence-corrected chi connectivity index (χ0v) is 18.5. The number of aromatic nitrogens is 5. The Bertz CT molecular complexity index is 1400. The van der Waals surface area contributed by atoms with Gasteiger partial charge in [-0.3, -0.25) is 0 Å². The third-order valence-corrected chi connectivity index (χ3v) is 5.16. The summed E-state index contributed by atoms with van der Waals surface area (Å²) >= 11 is 0. The molecule has 34 heavy (non-hydrogen) atoms. The monoisotopic (exact) mass is 471 g/mol. The van der Waals surface area contributed by atoms with Crippen LogP contribution in [0.5, 0.6) is 11.5 Å². The minimum absolute atomic E-state index is 0.0460. The summed E-state index contributed by atoms with van der Waals surface area (Å²) in [5, 5.41) is 7.62. The van der Waals surface area contributed by atoms with Crippen molar-refractivity contribution in [2.24, 2.45) is 7.05 Å². The maximum absolute atomic E-state index is 13.0. The van der Waals surface area contributed by atoms with E-state index in [-0.39, 0.29) is 12.3 Å². The molecule has 4 aromatic rings. The maximum Gasteiger partial charge on any atom is 0.433 e. The van der Waals surface area contributed by atoms with E-state index < -0.39 is 17.6 Å². The molecular formula is C23H20F3N5O3. The van der Waals surface area contributed by atoms with Gasteiger partial charge in [-0.15, -0.1) is 0 Å². The van der Waals surface area contributed by atoms with Crippen molar-refractivity contribution < 1.29 is 22.6 Å². The number of aryl methyl sites for hydroxylation is 2. The highest BCUT2D eigenvalue weighted by Gasteiger charge is 2.32. The molecule has 0 spiro atoms. The highest BCUT2D eigenvalue weighted by atomic mass is 19.4. The molecule has 0 aliphatic carbocycles. The van der Waals surface area contributed by atoms with Crippen LogP contribution in [0.25, 0.3) is 16.9 Å². The summed E-state index contributed by atoms with van der Waals surface area (Å²) in [4.78, 5) is 16.1. The normalized spacial score (nSPS) is 11.5. The predicted octanol–water partition coefficient (Wildman–Crippen LogP) is 3.94. The maximum atomic E-state index is 13.0. The van der Waals surface area contributed by atoms with E-state index >= 15 is 0 Å². The highest BCUT2D eigenvalue weighted by Crippen LogP contribution is 2.32. The lowest BCUT2D eigenvalue weighted by Crippen LogP contribution is -2.23. The van der Waals surface area contributed by atoms with E-state index in [2.05, 4.69) is 15.4 Å². The van der Waals surface area contributed by atoms with E-state index in [0.717, 1.165) is 15.4 Å². The minimum atomic E-state index is -4.52. The average Bonchev–Trinajstić information content (AvgIpc) is 3.15. The molecule has 8 nitrogen and oxygen atoms in total. The van der Waals surface area contributed by atoms with E-state index in [0.29, 0.717) is 33.9 Å². The Balaban J connectivity index is 1.62. The van der Waals surface area contributed by atoms with Crippen LogP contribution in [-0.2, 0) is 19.8 Å². The molecule has 176 valence electrons. The van der Waals surface area contributed by atoms with Crippen LogP contribution in [0.3, 0.4) is 0 Å². The Hall–Kier alpha value is -4.15. The van der Waals surface area contributed by atoms with Gasteiger partial charge in [0.2, 0.25) is 0 Å². The fourth-order valence-electron chi connectivity index (χ4n) is 3.43. The SMILES string of the molecule is COc1cccc(-n2nnn(C)c2=O)c1COc1ccc(-c2cccc(C(F)(F)F)n2)cc1C. The number of halogens is 3. The molecule has 2 aromatic heterocycles. The van der Waals surface area contributed by atoms with E-state index in [1.807, 2.05) is 0 Å². The van der Waals surface area contributed by atoms with Gasteiger partial charge in [-0.25, -0.2) is 9.78 Å². The smallest absolute Gasteiger partial charge is 0.433 e. The Morgan fingerprint density at radius 1 is 1.00 bits per heavy atom. The number of benzene rings is 2. The molecule has 0 atom stereocenters. The van der Waals surface area contributed by atoms with Crippen molar-refractivity contribution in [1.82, 2.24) is 24.8 Å². The van der Waals surface area contributed by atoms with E-state index in [1.165, 1.54) is 26.3 Å². The predicted molar refractivity (Wildman–Crippen MR) is 117 cm³/mol. The van der Waals surface area contributed by atoms with Gasteiger partial charge in [-0.05, 0) is 65.4 Å². The molecule has 0 aliphatic heterocycles. The van der Waals surface area contributed by atoms with Crippen molar-refractivity contribution in [2.75, 3.05) is 7.11 Å². The molecule has 0 N–H and O–H groups in total. The van der Waals surface area contributed by atoms with E-state index in [4.69, 9.17) is 9.47 Å². The van der Waals surface area contributed by atoms with Crippen molar-refractivity contribution in [1.29, 1.82) is 0 Å². The number of methoxy groups -OCH3 is 1. The fourth-order valence-corrected chi connectivity index (χ4v) is 3.43. The van der Waals surface area contributed by atoms with Crippen LogP contribution < -0.4 is 15.2 Å². The van der Waals surface area contributed by atoms with Crippen molar-refractivity contribution in [3.05, 3.63) is 81.9 Å². The van der Waals surface area contributed by atoms with Gasteiger partial charge in [0.15, 0.2) is 0 Å². The Labute approximate surface area is 192 Å². The van der Waals surface area contributed by atoms with Crippen molar-refractivity contribution >= 4 is 0 Å². The standard InChI is InChI=1S/C23H20F3N5O3/c1-14-12-15(17-6-4-9-21(27-17)23(24,25)26)10-11-19(14)34-13-16-18(7-5-8-20(16)33-3)31-22(32)30(2)28-29-31/h4-12H,13H2,1-3H3. The summed E-state index contributed by atoms with van der Waals surface area (Å²) in [7, 11) is 3.00. The molecule has 2 heterocycles. The molecule has 0 radical (unpaired) electrons. The number of hydrogen-bond acceptors (Lipinski definition) is 6. The van der Waals surface area contributed by atoms with Crippen LogP contribution in [0.2, 0.25) is 0 Å². The Morgan fingerprint density at radius 3 is 2.41 bits per heavy atom. The largest absolute Gasteiger partial charge is 0.496 e. The lowest BCUT2D eigenvalue weighted by molar-refractivity contribution is -0.141. The lowest BCUT2D eigenvalue weighted by atomic mass is 10.1. The van der Waals surface area contributed by atoms with Crippen molar-refractivity contribution in [2.45, 2.75) is 19.7 Å². The third kappa shape index (κ3) is 4.49. The van der Waals surface area contributed by atoms with Crippen LogP contribution in [-0.4, -0.2) is 31.9 Å². The molecule has 2 aromatic carbocycles. The topological polar surface area (TPSA) is 84.1 Å². The number of ether oxygens (including phenoxy) is 2. The second-order valence-corrected chi connectivity index (χ2v) is 7.43. The summed E-state index contributed by atoms with van der Waals surface area (Å²) < 4.78 is 52.7. The third-order valence-electron chi connectivity index (χ3n) is 5.16.